The van der Waals surface area contributed by atoms with E-state index < -0.39 is 0 Å². The third-order valence-corrected chi connectivity index (χ3v) is 4.52. The van der Waals surface area contributed by atoms with Gasteiger partial charge in [0.05, 0.1) is 13.2 Å². The Balaban J connectivity index is 1.98. The van der Waals surface area contributed by atoms with Crippen molar-refractivity contribution < 1.29 is 13.9 Å². The zero-order valence-corrected chi connectivity index (χ0v) is 16.1. The molecular weight excluding hydrogens is 353 g/mol. The van der Waals surface area contributed by atoms with Crippen LogP contribution in [-0.4, -0.2) is 33.0 Å². The van der Waals surface area contributed by atoms with Crippen molar-refractivity contribution in [3.05, 3.63) is 58.9 Å². The van der Waals surface area contributed by atoms with Crippen LogP contribution in [0, 0.1) is 11.7 Å². The molecule has 142 valence electrons. The Labute approximate surface area is 160 Å². The quantitative estimate of drug-likeness (QED) is 0.650. The van der Waals surface area contributed by atoms with Crippen molar-refractivity contribution in [2.45, 2.75) is 25.8 Å². The van der Waals surface area contributed by atoms with Crippen LogP contribution in [0.5, 0.6) is 0 Å². The van der Waals surface area contributed by atoms with Gasteiger partial charge in [-0.05, 0) is 49.1 Å². The predicted molar refractivity (Wildman–Crippen MR) is 105 cm³/mol. The Morgan fingerprint density at radius 2 is 1.85 bits per heavy atom. The minimum Gasteiger partial charge on any atom is -0.384 e. The normalized spacial score (nSPS) is 13.6. The second kappa shape index (κ2) is 10.6. The summed E-state index contributed by atoms with van der Waals surface area (Å²) in [5.74, 6) is 0.00645. The highest BCUT2D eigenvalue weighted by Gasteiger charge is 2.15. The molecule has 2 atom stereocenters. The lowest BCUT2D eigenvalue weighted by atomic mass is 9.95. The molecule has 2 rings (SSSR count). The van der Waals surface area contributed by atoms with E-state index in [0.29, 0.717) is 30.4 Å². The summed E-state index contributed by atoms with van der Waals surface area (Å²) in [5, 5.41) is 0.519. The van der Waals surface area contributed by atoms with E-state index in [1.807, 2.05) is 31.2 Å². The molecule has 0 aliphatic rings. The van der Waals surface area contributed by atoms with Crippen LogP contribution in [0.4, 0.5) is 4.39 Å². The molecular formula is C21H27ClFNO2. The van der Waals surface area contributed by atoms with Crippen LogP contribution in [0.2, 0.25) is 5.02 Å². The van der Waals surface area contributed by atoms with Gasteiger partial charge in [0.25, 0.3) is 0 Å². The average Bonchev–Trinajstić information content (AvgIpc) is 2.62. The lowest BCUT2D eigenvalue weighted by Crippen LogP contribution is -2.29. The first-order valence-electron chi connectivity index (χ1n) is 8.90. The average molecular weight is 380 g/mol. The molecule has 0 fully saturated rings. The van der Waals surface area contributed by atoms with Crippen molar-refractivity contribution in [2.24, 2.45) is 11.7 Å². The van der Waals surface area contributed by atoms with Gasteiger partial charge in [0, 0.05) is 36.3 Å². The first kappa shape index (κ1) is 20.8. The van der Waals surface area contributed by atoms with Gasteiger partial charge in [-0.25, -0.2) is 4.39 Å². The van der Waals surface area contributed by atoms with Crippen LogP contribution in [-0.2, 0) is 15.9 Å². The first-order valence-corrected chi connectivity index (χ1v) is 9.27. The maximum atomic E-state index is 14.0. The molecule has 0 heterocycles. The molecule has 2 aromatic rings. The summed E-state index contributed by atoms with van der Waals surface area (Å²) in [5.41, 5.74) is 8.74. The highest BCUT2D eigenvalue weighted by atomic mass is 35.5. The lowest BCUT2D eigenvalue weighted by molar-refractivity contribution is 0.0571. The number of nitrogens with two attached hydrogens (primary N) is 1. The number of hydrogen-bond acceptors (Lipinski definition) is 3. The van der Waals surface area contributed by atoms with Crippen LogP contribution >= 0.6 is 11.6 Å². The highest BCUT2D eigenvalue weighted by molar-refractivity contribution is 6.30. The van der Waals surface area contributed by atoms with Crippen molar-refractivity contribution in [3.63, 3.8) is 0 Å². The molecule has 0 radical (unpaired) electrons. The molecule has 3 nitrogen and oxygen atoms in total. The summed E-state index contributed by atoms with van der Waals surface area (Å²) in [4.78, 5) is 0. The largest absolute Gasteiger partial charge is 0.384 e. The molecule has 2 aromatic carbocycles. The van der Waals surface area contributed by atoms with Crippen LogP contribution in [0.1, 0.15) is 18.9 Å². The van der Waals surface area contributed by atoms with Crippen molar-refractivity contribution in [1.29, 1.82) is 0 Å². The summed E-state index contributed by atoms with van der Waals surface area (Å²) in [7, 11) is 1.69. The summed E-state index contributed by atoms with van der Waals surface area (Å²) < 4.78 is 24.7. The zero-order valence-electron chi connectivity index (χ0n) is 15.4. The molecule has 5 heteroatoms. The Morgan fingerprint density at radius 3 is 2.50 bits per heavy atom. The number of ether oxygens (including phenoxy) is 2. The maximum Gasteiger partial charge on any atom is 0.131 e. The zero-order chi connectivity index (χ0) is 18.9. The molecule has 0 saturated heterocycles. The van der Waals surface area contributed by atoms with Gasteiger partial charge in [0.1, 0.15) is 5.82 Å². The standard InChI is InChI=1S/C21H27ClFNO2/c1-3-26-14-16(13-25-2)11-19(24)10-15-4-6-17(7-5-15)20-12-18(22)8-9-21(20)23/h4-9,12,16,19H,3,10-11,13-14,24H2,1-2H3. The fourth-order valence-corrected chi connectivity index (χ4v) is 3.23. The fourth-order valence-electron chi connectivity index (χ4n) is 3.06. The second-order valence-corrected chi connectivity index (χ2v) is 6.94. The Kier molecular flexibility index (Phi) is 8.52. The van der Waals surface area contributed by atoms with Crippen LogP contribution in [0.25, 0.3) is 11.1 Å². The van der Waals surface area contributed by atoms with Crippen LogP contribution in [0.15, 0.2) is 42.5 Å². The Hall–Kier alpha value is -1.46. The maximum absolute atomic E-state index is 14.0. The van der Waals surface area contributed by atoms with E-state index >= 15 is 0 Å². The van der Waals surface area contributed by atoms with E-state index in [-0.39, 0.29) is 17.8 Å². The van der Waals surface area contributed by atoms with Gasteiger partial charge in [-0.2, -0.15) is 0 Å². The molecule has 0 aromatic heterocycles. The third-order valence-electron chi connectivity index (χ3n) is 4.29. The van der Waals surface area contributed by atoms with Gasteiger partial charge in [-0.15, -0.1) is 0 Å². The monoisotopic (exact) mass is 379 g/mol. The third kappa shape index (κ3) is 6.36. The minimum atomic E-state index is -0.280. The van der Waals surface area contributed by atoms with Crippen molar-refractivity contribution in [1.82, 2.24) is 0 Å². The number of hydrogen-bond donors (Lipinski definition) is 1. The van der Waals surface area contributed by atoms with Crippen molar-refractivity contribution >= 4 is 11.6 Å². The predicted octanol–water partition coefficient (Wildman–Crippen LogP) is 4.71. The highest BCUT2D eigenvalue weighted by Crippen LogP contribution is 2.26. The molecule has 26 heavy (non-hydrogen) atoms. The number of rotatable bonds is 10. The van der Waals surface area contributed by atoms with Crippen LogP contribution in [0.3, 0.4) is 0 Å². The van der Waals surface area contributed by atoms with Gasteiger partial charge >= 0.3 is 0 Å². The first-order chi connectivity index (χ1) is 12.5. The summed E-state index contributed by atoms with van der Waals surface area (Å²) in [6, 6.07) is 12.4. The molecule has 0 aliphatic heterocycles. The molecule has 0 amide bonds. The Bertz CT molecular complexity index is 678. The van der Waals surface area contributed by atoms with E-state index in [0.717, 1.165) is 24.0 Å². The van der Waals surface area contributed by atoms with Gasteiger partial charge in [-0.3, -0.25) is 0 Å². The van der Waals surface area contributed by atoms with Crippen molar-refractivity contribution in [3.8, 4) is 11.1 Å². The SMILES string of the molecule is CCOCC(COC)CC(N)Cc1ccc(-c2cc(Cl)ccc2F)cc1. The van der Waals surface area contributed by atoms with Gasteiger partial charge in [-0.1, -0.05) is 35.9 Å². The van der Waals surface area contributed by atoms with E-state index in [2.05, 4.69) is 0 Å². The molecule has 0 saturated carbocycles. The summed E-state index contributed by atoms with van der Waals surface area (Å²) in [6.07, 6.45) is 1.59. The fraction of sp³-hybridized carbons (Fsp3) is 0.429. The topological polar surface area (TPSA) is 44.5 Å². The van der Waals surface area contributed by atoms with Gasteiger partial charge in [0.15, 0.2) is 0 Å². The van der Waals surface area contributed by atoms with E-state index in [9.17, 15) is 4.39 Å². The number of benzene rings is 2. The lowest BCUT2D eigenvalue weighted by Gasteiger charge is -2.20. The molecule has 0 spiro atoms. The molecule has 0 aliphatic carbocycles. The smallest absolute Gasteiger partial charge is 0.131 e. The van der Waals surface area contributed by atoms with E-state index in [1.165, 1.54) is 6.07 Å². The second-order valence-electron chi connectivity index (χ2n) is 6.50. The minimum absolute atomic E-state index is 0.0179. The van der Waals surface area contributed by atoms with Gasteiger partial charge in [0.2, 0.25) is 0 Å². The molecule has 0 bridgehead atoms. The molecule has 2 unspecified atom stereocenters. The summed E-state index contributed by atoms with van der Waals surface area (Å²) >= 11 is 5.97. The van der Waals surface area contributed by atoms with Crippen molar-refractivity contribution in [2.75, 3.05) is 26.9 Å². The van der Waals surface area contributed by atoms with Gasteiger partial charge < -0.3 is 15.2 Å². The number of halogens is 2. The van der Waals surface area contributed by atoms with E-state index in [1.54, 1.807) is 19.2 Å². The Morgan fingerprint density at radius 1 is 1.12 bits per heavy atom. The van der Waals surface area contributed by atoms with E-state index in [4.69, 9.17) is 26.8 Å². The number of methoxy groups -OCH3 is 1. The molecule has 2 N–H and O–H groups in total. The summed E-state index contributed by atoms with van der Waals surface area (Å²) in [6.45, 7) is 3.97. The van der Waals surface area contributed by atoms with Crippen LogP contribution < -0.4 is 5.73 Å².